The van der Waals surface area contributed by atoms with E-state index in [-0.39, 0.29) is 11.8 Å². The SMILES string of the molecule is CO[C@@]1(CN2CCN(c3ccccn3)CC2)/C=C/C[C@H](C)[C@@H](C)S(=O)(=O)NC(=O)c2ccc3c(c2)N(CCCCc2cc(Cl)ccc2CO3)C[C@@H]2CC[C@H]21. The number of hydrogen-bond acceptors (Lipinski definition) is 9. The zero-order chi connectivity index (χ0) is 37.9. The second-order valence-corrected chi connectivity index (χ2v) is 18.1. The quantitative estimate of drug-likeness (QED) is 0.289. The van der Waals surface area contributed by atoms with Crippen molar-refractivity contribution in [2.45, 2.75) is 69.8 Å². The zero-order valence-corrected chi connectivity index (χ0v) is 33.3. The number of methoxy groups -OCH3 is 1. The molecule has 290 valence electrons. The minimum atomic E-state index is -3.97. The number of allylic oxidation sites excluding steroid dienone is 1. The molecule has 3 aromatic rings. The van der Waals surface area contributed by atoms with Gasteiger partial charge in [-0.25, -0.2) is 18.1 Å². The van der Waals surface area contributed by atoms with E-state index in [9.17, 15) is 13.2 Å². The van der Waals surface area contributed by atoms with E-state index in [4.69, 9.17) is 21.1 Å². The third-order valence-electron chi connectivity index (χ3n) is 12.4. The van der Waals surface area contributed by atoms with Crippen LogP contribution in [0, 0.1) is 17.8 Å². The first-order valence-electron chi connectivity index (χ1n) is 19.5. The fourth-order valence-electron chi connectivity index (χ4n) is 8.66. The molecule has 0 spiro atoms. The van der Waals surface area contributed by atoms with Gasteiger partial charge in [-0.3, -0.25) is 9.69 Å². The lowest BCUT2D eigenvalue weighted by Gasteiger charge is -2.52. The van der Waals surface area contributed by atoms with Crippen LogP contribution in [-0.4, -0.2) is 88.0 Å². The molecule has 2 fully saturated rings. The van der Waals surface area contributed by atoms with Crippen LogP contribution < -0.4 is 19.3 Å². The highest BCUT2D eigenvalue weighted by Crippen LogP contribution is 2.47. The molecule has 12 heteroatoms. The molecule has 4 heterocycles. The van der Waals surface area contributed by atoms with E-state index < -0.39 is 26.8 Å². The van der Waals surface area contributed by atoms with E-state index in [1.807, 2.05) is 62.7 Å². The van der Waals surface area contributed by atoms with Crippen molar-refractivity contribution < 1.29 is 22.7 Å². The van der Waals surface area contributed by atoms with Crippen LogP contribution >= 0.6 is 11.6 Å². The van der Waals surface area contributed by atoms with Crippen LogP contribution in [0.15, 0.2) is 72.9 Å². The molecule has 4 aliphatic rings. The van der Waals surface area contributed by atoms with Crippen LogP contribution in [0.3, 0.4) is 0 Å². The molecule has 7 rings (SSSR count). The number of rotatable bonds is 4. The first-order valence-corrected chi connectivity index (χ1v) is 21.4. The van der Waals surface area contributed by atoms with Gasteiger partial charge in [-0.1, -0.05) is 42.8 Å². The first-order chi connectivity index (χ1) is 26.0. The summed E-state index contributed by atoms with van der Waals surface area (Å²) in [5.41, 5.74) is 2.81. The Morgan fingerprint density at radius 1 is 0.981 bits per heavy atom. The number of aryl methyl sites for hydroxylation is 1. The van der Waals surface area contributed by atoms with Crippen LogP contribution in [0.1, 0.15) is 67.4 Å². The lowest BCUT2D eigenvalue weighted by Crippen LogP contribution is -2.58. The van der Waals surface area contributed by atoms with Crippen molar-refractivity contribution in [1.82, 2.24) is 14.6 Å². The normalized spacial score (nSPS) is 28.6. The van der Waals surface area contributed by atoms with Crippen molar-refractivity contribution >= 4 is 39.0 Å². The number of ether oxygens (including phenoxy) is 2. The predicted octanol–water partition coefficient (Wildman–Crippen LogP) is 6.73. The molecule has 1 aliphatic carbocycles. The molecule has 1 amide bonds. The van der Waals surface area contributed by atoms with Crippen LogP contribution in [-0.2, 0) is 27.8 Å². The Balaban J connectivity index is 1.22. The van der Waals surface area contributed by atoms with Gasteiger partial charge in [0.05, 0.1) is 10.9 Å². The van der Waals surface area contributed by atoms with Gasteiger partial charge >= 0.3 is 0 Å². The number of nitrogens with zero attached hydrogens (tertiary/aromatic N) is 4. The van der Waals surface area contributed by atoms with Gasteiger partial charge in [-0.05, 0) is 117 Å². The van der Waals surface area contributed by atoms with Crippen molar-refractivity contribution in [3.63, 3.8) is 0 Å². The summed E-state index contributed by atoms with van der Waals surface area (Å²) in [6.07, 6.45) is 11.6. The Bertz CT molecular complexity index is 1920. The number of nitrogens with one attached hydrogen (secondary N) is 1. The average Bonchev–Trinajstić information content (AvgIpc) is 3.19. The third kappa shape index (κ3) is 8.44. The summed E-state index contributed by atoms with van der Waals surface area (Å²) in [6, 6.07) is 17.3. The Labute approximate surface area is 325 Å². The van der Waals surface area contributed by atoms with Crippen molar-refractivity contribution in [2.75, 3.05) is 62.7 Å². The van der Waals surface area contributed by atoms with Gasteiger partial charge in [0.25, 0.3) is 5.91 Å². The van der Waals surface area contributed by atoms with Crippen molar-refractivity contribution in [3.05, 3.63) is 94.7 Å². The van der Waals surface area contributed by atoms with E-state index in [0.717, 1.165) is 95.0 Å². The summed E-state index contributed by atoms with van der Waals surface area (Å²) in [6.45, 7) is 9.81. The van der Waals surface area contributed by atoms with Crippen molar-refractivity contribution in [1.29, 1.82) is 0 Å². The molecule has 5 atom stereocenters. The summed E-state index contributed by atoms with van der Waals surface area (Å²) in [4.78, 5) is 25.4. The fourth-order valence-corrected chi connectivity index (χ4v) is 10.1. The number of pyridine rings is 1. The standard InChI is InChI=1S/C42H54ClN5O5S/c1-30-9-8-18-42(52-3,29-46-21-23-47(24-22-46)40-11-4-6-19-44-40)37-16-13-34(37)27-48-20-7-5-10-32-25-36(43)15-12-35(32)28-53-39-17-14-33(26-38(39)48)41(49)45-54(50,51)31(30)2/h4,6,8,11-12,14-15,17-19,25-26,30-31,34,37H,5,7,9-10,13,16,20-24,27-29H2,1-3H3,(H,45,49)/b18-8+/t30-,31+,34-,37+,42+/m0/s1. The molecule has 1 N–H and O–H groups in total. The molecule has 0 radical (unpaired) electrons. The molecule has 10 nitrogen and oxygen atoms in total. The topological polar surface area (TPSA) is 104 Å². The first kappa shape index (κ1) is 38.6. The fraction of sp³-hybridized carbons (Fsp3) is 0.524. The number of halogens is 1. The predicted molar refractivity (Wildman–Crippen MR) is 215 cm³/mol. The molecular formula is C42H54ClN5O5S. The second kappa shape index (κ2) is 16.6. The van der Waals surface area contributed by atoms with Crippen molar-refractivity contribution in [3.8, 4) is 5.75 Å². The molecule has 0 unspecified atom stereocenters. The van der Waals surface area contributed by atoms with Gasteiger partial charge in [-0.2, -0.15) is 0 Å². The number of piperazine rings is 1. The summed E-state index contributed by atoms with van der Waals surface area (Å²) < 4.78 is 42.8. The lowest BCUT2D eigenvalue weighted by molar-refractivity contribution is -0.0919. The Morgan fingerprint density at radius 2 is 1.81 bits per heavy atom. The largest absolute Gasteiger partial charge is 0.487 e. The van der Waals surface area contributed by atoms with Gasteiger partial charge in [0, 0.05) is 69.7 Å². The number of benzene rings is 2. The Hall–Kier alpha value is -3.64. The highest BCUT2D eigenvalue weighted by atomic mass is 35.5. The molecular weight excluding hydrogens is 722 g/mol. The number of sulfonamides is 1. The van der Waals surface area contributed by atoms with Gasteiger partial charge in [0.1, 0.15) is 23.8 Å². The number of carbonyl (C=O) groups excluding carboxylic acids is 1. The van der Waals surface area contributed by atoms with Crippen LogP contribution in [0.2, 0.25) is 5.02 Å². The smallest absolute Gasteiger partial charge is 0.264 e. The van der Waals surface area contributed by atoms with E-state index in [1.165, 1.54) is 5.56 Å². The average molecular weight is 776 g/mol. The number of hydrogen-bond donors (Lipinski definition) is 1. The number of anilines is 2. The van der Waals surface area contributed by atoms with E-state index in [0.29, 0.717) is 35.3 Å². The maximum absolute atomic E-state index is 13.6. The monoisotopic (exact) mass is 775 g/mol. The minimum absolute atomic E-state index is 0.234. The molecule has 1 saturated heterocycles. The molecule has 2 bridgehead atoms. The molecule has 54 heavy (non-hydrogen) atoms. The number of amides is 1. The van der Waals surface area contributed by atoms with Crippen LogP contribution in [0.5, 0.6) is 5.75 Å². The number of aromatic nitrogens is 1. The maximum Gasteiger partial charge on any atom is 0.264 e. The summed E-state index contributed by atoms with van der Waals surface area (Å²) >= 11 is 6.41. The molecule has 1 aromatic heterocycles. The highest BCUT2D eigenvalue weighted by molar-refractivity contribution is 7.90. The number of carbonyl (C=O) groups is 1. The van der Waals surface area contributed by atoms with Gasteiger partial charge < -0.3 is 19.3 Å². The second-order valence-electron chi connectivity index (χ2n) is 15.6. The van der Waals surface area contributed by atoms with E-state index >= 15 is 0 Å². The highest BCUT2D eigenvalue weighted by Gasteiger charge is 2.48. The Morgan fingerprint density at radius 3 is 2.56 bits per heavy atom. The Kier molecular flexibility index (Phi) is 11.9. The summed E-state index contributed by atoms with van der Waals surface area (Å²) in [7, 11) is -2.13. The molecule has 1 saturated carbocycles. The van der Waals surface area contributed by atoms with Gasteiger partial charge in [0.2, 0.25) is 10.0 Å². The van der Waals surface area contributed by atoms with Crippen LogP contribution in [0.25, 0.3) is 0 Å². The van der Waals surface area contributed by atoms with Gasteiger partial charge in [0.15, 0.2) is 0 Å². The van der Waals surface area contributed by atoms with Crippen molar-refractivity contribution in [2.24, 2.45) is 17.8 Å². The maximum atomic E-state index is 13.6. The summed E-state index contributed by atoms with van der Waals surface area (Å²) in [5.74, 6) is 1.39. The van der Waals surface area contributed by atoms with Gasteiger partial charge in [-0.15, -0.1) is 0 Å². The third-order valence-corrected chi connectivity index (χ3v) is 14.5. The minimum Gasteiger partial charge on any atom is -0.487 e. The summed E-state index contributed by atoms with van der Waals surface area (Å²) in [5, 5.41) is -0.0773. The van der Waals surface area contributed by atoms with E-state index in [2.05, 4.69) is 42.6 Å². The molecule has 2 aromatic carbocycles. The lowest BCUT2D eigenvalue weighted by atomic mass is 9.63. The zero-order valence-electron chi connectivity index (χ0n) is 31.8. The van der Waals surface area contributed by atoms with Crippen LogP contribution in [0.4, 0.5) is 11.5 Å². The van der Waals surface area contributed by atoms with E-state index in [1.54, 1.807) is 13.0 Å². The number of fused-ring (bicyclic) bond motifs is 3. The molecule has 3 aliphatic heterocycles.